The van der Waals surface area contributed by atoms with Crippen molar-refractivity contribution in [2.75, 3.05) is 6.16 Å². The van der Waals surface area contributed by atoms with Gasteiger partial charge in [0, 0.05) is 7.05 Å². The monoisotopic (exact) mass is 305 g/mol. The minimum absolute atomic E-state index is 1.02. The average Bonchev–Trinajstić information content (AvgIpc) is 2.62. The smallest absolute Gasteiger partial charge is 0.0621 e. The molecule has 0 saturated carbocycles. The van der Waals surface area contributed by atoms with Crippen LogP contribution in [-0.4, -0.2) is 6.16 Å². The molecular formula is C20H20NP. The van der Waals surface area contributed by atoms with Crippen LogP contribution >= 0.6 is 7.05 Å². The summed E-state index contributed by atoms with van der Waals surface area (Å²) in [4.78, 5) is 0. The van der Waals surface area contributed by atoms with Crippen LogP contribution < -0.4 is 10.6 Å². The molecule has 3 rings (SSSR count). The summed E-state index contributed by atoms with van der Waals surface area (Å²) < 4.78 is 5.26. The Bertz CT molecular complexity index is 721. The Kier molecular flexibility index (Phi) is 4.56. The topological polar surface area (TPSA) is 12.4 Å². The second kappa shape index (κ2) is 6.77. The van der Waals surface area contributed by atoms with E-state index >= 15 is 0 Å². The van der Waals surface area contributed by atoms with Gasteiger partial charge in [0.1, 0.15) is 0 Å². The van der Waals surface area contributed by atoms with Crippen LogP contribution in [0, 0.1) is 0 Å². The van der Waals surface area contributed by atoms with Crippen molar-refractivity contribution in [3.8, 4) is 0 Å². The first-order valence-electron chi connectivity index (χ1n) is 7.63. The molecule has 0 fully saturated rings. The van der Waals surface area contributed by atoms with E-state index in [1.807, 2.05) is 6.07 Å². The van der Waals surface area contributed by atoms with Gasteiger partial charge >= 0.3 is 0 Å². The predicted molar refractivity (Wildman–Crippen MR) is 98.1 cm³/mol. The van der Waals surface area contributed by atoms with Gasteiger partial charge in [-0.05, 0) is 28.9 Å². The van der Waals surface area contributed by atoms with Gasteiger partial charge in [-0.25, -0.2) is 0 Å². The van der Waals surface area contributed by atoms with E-state index in [0.29, 0.717) is 0 Å². The third kappa shape index (κ3) is 2.91. The lowest BCUT2D eigenvalue weighted by molar-refractivity contribution is 1.45. The molecule has 0 aromatic heterocycles. The molecule has 2 heteroatoms. The standard InChI is InChI=1S/C20H20NP/c1-2-22(19-14-8-4-9-15-19,20-16-10-5-11-17-20)21-18-12-6-3-7-13-18/h3-17H,2H2,1H3. The van der Waals surface area contributed by atoms with E-state index in [2.05, 4.69) is 91.9 Å². The largest absolute Gasteiger partial charge is 0.258 e. The minimum atomic E-state index is -1.78. The molecule has 1 nitrogen and oxygen atoms in total. The van der Waals surface area contributed by atoms with E-state index < -0.39 is 7.05 Å². The Hall–Kier alpha value is -2.11. The van der Waals surface area contributed by atoms with E-state index in [-0.39, 0.29) is 0 Å². The second-order valence-electron chi connectivity index (χ2n) is 5.19. The van der Waals surface area contributed by atoms with Crippen LogP contribution in [-0.2, 0) is 0 Å². The highest BCUT2D eigenvalue weighted by Gasteiger charge is 2.22. The lowest BCUT2D eigenvalue weighted by Crippen LogP contribution is -2.17. The van der Waals surface area contributed by atoms with Crippen molar-refractivity contribution < 1.29 is 0 Å². The molecule has 110 valence electrons. The fourth-order valence-electron chi connectivity index (χ4n) is 2.74. The van der Waals surface area contributed by atoms with E-state index in [9.17, 15) is 0 Å². The Labute approximate surface area is 132 Å². The van der Waals surface area contributed by atoms with Gasteiger partial charge in [-0.15, -0.1) is 0 Å². The molecule has 3 aromatic carbocycles. The summed E-state index contributed by atoms with van der Waals surface area (Å²) in [5.74, 6) is 0. The summed E-state index contributed by atoms with van der Waals surface area (Å²) in [6, 6.07) is 31.8. The molecule has 0 spiro atoms. The minimum Gasteiger partial charge on any atom is -0.258 e. The van der Waals surface area contributed by atoms with Crippen LogP contribution in [0.3, 0.4) is 0 Å². The molecule has 0 radical (unpaired) electrons. The highest BCUT2D eigenvalue weighted by Crippen LogP contribution is 2.49. The van der Waals surface area contributed by atoms with Crippen molar-refractivity contribution in [2.45, 2.75) is 6.92 Å². The lowest BCUT2D eigenvalue weighted by atomic mass is 10.3. The Balaban J connectivity index is 2.29. The molecule has 0 atom stereocenters. The van der Waals surface area contributed by atoms with Gasteiger partial charge in [0.2, 0.25) is 0 Å². The zero-order valence-corrected chi connectivity index (χ0v) is 13.7. The van der Waals surface area contributed by atoms with E-state index in [0.717, 1.165) is 11.8 Å². The third-order valence-electron chi connectivity index (χ3n) is 3.87. The molecular weight excluding hydrogens is 285 g/mol. The van der Waals surface area contributed by atoms with Crippen LogP contribution in [0.25, 0.3) is 0 Å². The molecule has 0 amide bonds. The van der Waals surface area contributed by atoms with Crippen molar-refractivity contribution in [3.05, 3.63) is 91.0 Å². The highest BCUT2D eigenvalue weighted by atomic mass is 31.2. The number of nitrogens with zero attached hydrogens (tertiary/aromatic N) is 1. The van der Waals surface area contributed by atoms with Gasteiger partial charge in [0.15, 0.2) is 0 Å². The maximum atomic E-state index is 5.26. The van der Waals surface area contributed by atoms with Crippen molar-refractivity contribution in [3.63, 3.8) is 0 Å². The van der Waals surface area contributed by atoms with Crippen LogP contribution in [0.4, 0.5) is 5.69 Å². The number of hydrogen-bond acceptors (Lipinski definition) is 1. The maximum absolute atomic E-state index is 5.26. The molecule has 0 heterocycles. The summed E-state index contributed by atoms with van der Waals surface area (Å²) in [5, 5.41) is 2.68. The molecule has 0 aliphatic carbocycles. The molecule has 0 N–H and O–H groups in total. The molecule has 0 unspecified atom stereocenters. The summed E-state index contributed by atoms with van der Waals surface area (Å²) >= 11 is 0. The normalized spacial score (nSPS) is 11.1. The molecule has 0 aliphatic rings. The zero-order chi connectivity index (χ0) is 15.3. The quantitative estimate of drug-likeness (QED) is 0.588. The molecule has 0 aliphatic heterocycles. The van der Waals surface area contributed by atoms with Gasteiger partial charge in [0.05, 0.1) is 5.69 Å². The Morgan fingerprint density at radius 3 is 1.45 bits per heavy atom. The molecule has 0 saturated heterocycles. The van der Waals surface area contributed by atoms with Crippen LogP contribution in [0.5, 0.6) is 0 Å². The predicted octanol–water partition coefficient (Wildman–Crippen LogP) is 5.19. The summed E-state index contributed by atoms with van der Waals surface area (Å²) in [5.41, 5.74) is 1.06. The van der Waals surface area contributed by atoms with E-state index in [1.165, 1.54) is 10.6 Å². The molecule has 22 heavy (non-hydrogen) atoms. The summed E-state index contributed by atoms with van der Waals surface area (Å²) in [7, 11) is -1.78. The van der Waals surface area contributed by atoms with Crippen molar-refractivity contribution >= 4 is 23.4 Å². The highest BCUT2D eigenvalue weighted by molar-refractivity contribution is 7.81. The first-order chi connectivity index (χ1) is 10.8. The van der Waals surface area contributed by atoms with Crippen LogP contribution in [0.15, 0.2) is 95.7 Å². The fourth-order valence-corrected chi connectivity index (χ4v) is 6.00. The van der Waals surface area contributed by atoms with Gasteiger partial charge in [0.25, 0.3) is 0 Å². The number of hydrogen-bond donors (Lipinski definition) is 0. The zero-order valence-electron chi connectivity index (χ0n) is 12.8. The van der Waals surface area contributed by atoms with Gasteiger partial charge < -0.3 is 0 Å². The van der Waals surface area contributed by atoms with E-state index in [4.69, 9.17) is 4.74 Å². The van der Waals surface area contributed by atoms with Gasteiger partial charge in [-0.2, -0.15) is 0 Å². The SMILES string of the molecule is CCP(=Nc1ccccc1)(c1ccccc1)c1ccccc1. The Morgan fingerprint density at radius 2 is 1.05 bits per heavy atom. The average molecular weight is 305 g/mol. The van der Waals surface area contributed by atoms with Crippen molar-refractivity contribution in [2.24, 2.45) is 4.74 Å². The lowest BCUT2D eigenvalue weighted by Gasteiger charge is -2.24. The van der Waals surface area contributed by atoms with Gasteiger partial charge in [-0.1, -0.05) is 85.8 Å². The van der Waals surface area contributed by atoms with Gasteiger partial charge in [-0.3, -0.25) is 4.74 Å². The second-order valence-corrected chi connectivity index (χ2v) is 8.60. The summed E-state index contributed by atoms with van der Waals surface area (Å²) in [6.07, 6.45) is 1.02. The number of benzene rings is 3. The van der Waals surface area contributed by atoms with Crippen LogP contribution in [0.1, 0.15) is 6.92 Å². The first-order valence-corrected chi connectivity index (χ1v) is 9.55. The van der Waals surface area contributed by atoms with Crippen LogP contribution in [0.2, 0.25) is 0 Å². The summed E-state index contributed by atoms with van der Waals surface area (Å²) in [6.45, 7) is 2.25. The maximum Gasteiger partial charge on any atom is 0.0621 e. The Morgan fingerprint density at radius 1 is 0.636 bits per heavy atom. The van der Waals surface area contributed by atoms with Crippen molar-refractivity contribution in [1.29, 1.82) is 0 Å². The molecule has 3 aromatic rings. The van der Waals surface area contributed by atoms with Crippen molar-refractivity contribution in [1.82, 2.24) is 0 Å². The van der Waals surface area contributed by atoms with E-state index in [1.54, 1.807) is 0 Å². The fraction of sp³-hybridized carbons (Fsp3) is 0.100. The molecule has 0 bridgehead atoms. The first kappa shape index (κ1) is 14.8. The number of rotatable bonds is 4. The third-order valence-corrected chi connectivity index (χ3v) is 7.66.